The molecule has 0 saturated carbocycles. The maximum Gasteiger partial charge on any atom is 0.261 e. The van der Waals surface area contributed by atoms with Gasteiger partial charge in [-0.1, -0.05) is 35.9 Å². The summed E-state index contributed by atoms with van der Waals surface area (Å²) in [6.07, 6.45) is 3.07. The molecule has 0 bridgehead atoms. The number of carbonyl (C=O) groups excluding carboxylic acids is 3. The zero-order chi connectivity index (χ0) is 23.1. The third kappa shape index (κ3) is 3.52. The molecule has 0 saturated heterocycles. The lowest BCUT2D eigenvalue weighted by atomic mass is 10.0. The van der Waals surface area contributed by atoms with Crippen LogP contribution < -0.4 is 0 Å². The van der Waals surface area contributed by atoms with Crippen LogP contribution in [0.15, 0.2) is 79.1 Å². The Bertz CT molecular complexity index is 1410. The zero-order valence-corrected chi connectivity index (χ0v) is 17.8. The topological polar surface area (TPSA) is 72.3 Å². The Morgan fingerprint density at radius 2 is 1.58 bits per heavy atom. The number of imidazole rings is 1. The van der Waals surface area contributed by atoms with E-state index in [0.717, 1.165) is 11.0 Å². The predicted octanol–water partition coefficient (Wildman–Crippen LogP) is 4.69. The number of ketones is 1. The summed E-state index contributed by atoms with van der Waals surface area (Å²) in [7, 11) is 0. The van der Waals surface area contributed by atoms with E-state index in [9.17, 15) is 18.8 Å². The minimum Gasteiger partial charge on any atom is -0.302 e. The molecule has 6 nitrogen and oxygen atoms in total. The maximum absolute atomic E-state index is 14.1. The molecular weight excluding hydrogens is 445 g/mol. The van der Waals surface area contributed by atoms with Crippen LogP contribution in [0.1, 0.15) is 42.5 Å². The number of nitrogens with zero attached hydrogens (tertiary/aromatic N) is 3. The van der Waals surface area contributed by atoms with Gasteiger partial charge in [-0.15, -0.1) is 0 Å². The molecule has 0 fully saturated rings. The Kier molecular flexibility index (Phi) is 5.11. The fraction of sp³-hybridized carbons (Fsp3) is 0.0400. The lowest BCUT2D eigenvalue weighted by molar-refractivity contribution is 0.0637. The standard InChI is InChI=1S/C25H15ClFN3O3/c26-20-8-4-3-7-18(20)23(31)19-13-15(27)9-10-21(19)29-12-11-28-22(29)14-30-24(32)16-5-1-2-6-17(16)25(30)33/h1-13H,14H2. The van der Waals surface area contributed by atoms with Crippen molar-refractivity contribution < 1.29 is 18.8 Å². The Morgan fingerprint density at radius 3 is 2.27 bits per heavy atom. The molecule has 0 spiro atoms. The SMILES string of the molecule is O=C(c1ccccc1Cl)c1cc(F)ccc1-n1ccnc1CN1C(=O)c2ccccc2C1=O. The van der Waals surface area contributed by atoms with E-state index in [-0.39, 0.29) is 22.7 Å². The van der Waals surface area contributed by atoms with Gasteiger partial charge in [-0.3, -0.25) is 19.3 Å². The third-order valence-electron chi connectivity index (χ3n) is 5.48. The summed E-state index contributed by atoms with van der Waals surface area (Å²) in [4.78, 5) is 44.2. The fourth-order valence-corrected chi connectivity index (χ4v) is 4.11. The first kappa shape index (κ1) is 20.8. The Balaban J connectivity index is 1.54. The van der Waals surface area contributed by atoms with Crippen molar-refractivity contribution in [2.24, 2.45) is 0 Å². The molecule has 5 rings (SSSR count). The van der Waals surface area contributed by atoms with Gasteiger partial charge in [0.25, 0.3) is 11.8 Å². The number of fused-ring (bicyclic) bond motifs is 1. The molecule has 3 aromatic carbocycles. The molecule has 162 valence electrons. The molecular formula is C25H15ClFN3O3. The van der Waals surface area contributed by atoms with E-state index in [0.29, 0.717) is 22.6 Å². The summed E-state index contributed by atoms with van der Waals surface area (Å²) in [5, 5.41) is 0.245. The summed E-state index contributed by atoms with van der Waals surface area (Å²) in [5.41, 5.74) is 1.32. The molecule has 2 heterocycles. The molecule has 4 aromatic rings. The van der Waals surface area contributed by atoms with Crippen LogP contribution in [0.2, 0.25) is 5.02 Å². The van der Waals surface area contributed by atoms with Gasteiger partial charge in [-0.2, -0.15) is 0 Å². The number of rotatable bonds is 5. The molecule has 1 aromatic heterocycles. The summed E-state index contributed by atoms with van der Waals surface area (Å²) < 4.78 is 15.7. The highest BCUT2D eigenvalue weighted by Crippen LogP contribution is 2.27. The van der Waals surface area contributed by atoms with Crippen LogP contribution in [0.3, 0.4) is 0 Å². The smallest absolute Gasteiger partial charge is 0.261 e. The van der Waals surface area contributed by atoms with Gasteiger partial charge in [0.2, 0.25) is 0 Å². The summed E-state index contributed by atoms with van der Waals surface area (Å²) >= 11 is 6.19. The van der Waals surface area contributed by atoms with E-state index < -0.39 is 23.4 Å². The summed E-state index contributed by atoms with van der Waals surface area (Å²) in [6, 6.07) is 16.9. The van der Waals surface area contributed by atoms with Crippen molar-refractivity contribution in [3.63, 3.8) is 0 Å². The van der Waals surface area contributed by atoms with Crippen molar-refractivity contribution in [3.05, 3.63) is 118 Å². The number of hydrogen-bond acceptors (Lipinski definition) is 4. The van der Waals surface area contributed by atoms with Crippen molar-refractivity contribution >= 4 is 29.2 Å². The number of aromatic nitrogens is 2. The Hall–Kier alpha value is -4.10. The van der Waals surface area contributed by atoms with Gasteiger partial charge in [-0.25, -0.2) is 9.37 Å². The van der Waals surface area contributed by atoms with E-state index in [1.54, 1.807) is 59.3 Å². The Morgan fingerprint density at radius 1 is 0.909 bits per heavy atom. The first-order valence-electron chi connectivity index (χ1n) is 10.0. The van der Waals surface area contributed by atoms with E-state index in [1.807, 2.05) is 0 Å². The van der Waals surface area contributed by atoms with Crippen LogP contribution in [-0.2, 0) is 6.54 Å². The van der Waals surface area contributed by atoms with Gasteiger partial charge < -0.3 is 4.57 Å². The van der Waals surface area contributed by atoms with Crippen molar-refractivity contribution in [1.29, 1.82) is 0 Å². The van der Waals surface area contributed by atoms with Gasteiger partial charge in [-0.05, 0) is 42.5 Å². The van der Waals surface area contributed by atoms with Crippen LogP contribution in [0.4, 0.5) is 4.39 Å². The molecule has 8 heteroatoms. The van der Waals surface area contributed by atoms with Crippen molar-refractivity contribution in [2.45, 2.75) is 6.54 Å². The number of benzene rings is 3. The molecule has 1 aliphatic heterocycles. The van der Waals surface area contributed by atoms with Crippen LogP contribution >= 0.6 is 11.6 Å². The largest absolute Gasteiger partial charge is 0.302 e. The highest BCUT2D eigenvalue weighted by atomic mass is 35.5. The van der Waals surface area contributed by atoms with Gasteiger partial charge in [0.1, 0.15) is 11.6 Å². The molecule has 2 amide bonds. The first-order valence-corrected chi connectivity index (χ1v) is 10.4. The lowest BCUT2D eigenvalue weighted by Gasteiger charge is -2.17. The molecule has 1 aliphatic rings. The predicted molar refractivity (Wildman–Crippen MR) is 119 cm³/mol. The lowest BCUT2D eigenvalue weighted by Crippen LogP contribution is -2.30. The van der Waals surface area contributed by atoms with Gasteiger partial charge >= 0.3 is 0 Å². The average molecular weight is 460 g/mol. The second-order valence-corrected chi connectivity index (χ2v) is 7.83. The minimum atomic E-state index is -0.587. The first-order chi connectivity index (χ1) is 16.0. The zero-order valence-electron chi connectivity index (χ0n) is 17.0. The van der Waals surface area contributed by atoms with E-state index in [4.69, 9.17) is 11.6 Å². The van der Waals surface area contributed by atoms with Crippen molar-refractivity contribution in [3.8, 4) is 5.69 Å². The van der Waals surface area contributed by atoms with Crippen LogP contribution in [0.25, 0.3) is 5.69 Å². The number of hydrogen-bond donors (Lipinski definition) is 0. The molecule has 33 heavy (non-hydrogen) atoms. The van der Waals surface area contributed by atoms with Crippen LogP contribution in [-0.4, -0.2) is 32.0 Å². The Labute approximate surface area is 192 Å². The second kappa shape index (κ2) is 8.11. The van der Waals surface area contributed by atoms with E-state index >= 15 is 0 Å². The van der Waals surface area contributed by atoms with Gasteiger partial charge in [0, 0.05) is 23.5 Å². The maximum atomic E-state index is 14.1. The number of imide groups is 1. The highest BCUT2D eigenvalue weighted by Gasteiger charge is 2.36. The fourth-order valence-electron chi connectivity index (χ4n) is 3.89. The highest BCUT2D eigenvalue weighted by molar-refractivity contribution is 6.35. The quantitative estimate of drug-likeness (QED) is 0.320. The monoisotopic (exact) mass is 459 g/mol. The second-order valence-electron chi connectivity index (χ2n) is 7.43. The van der Waals surface area contributed by atoms with E-state index in [2.05, 4.69) is 4.98 Å². The molecule has 0 N–H and O–H groups in total. The minimum absolute atomic E-state index is 0.0738. The number of halogens is 2. The van der Waals surface area contributed by atoms with E-state index in [1.165, 1.54) is 18.3 Å². The third-order valence-corrected chi connectivity index (χ3v) is 5.81. The van der Waals surface area contributed by atoms with Crippen molar-refractivity contribution in [2.75, 3.05) is 0 Å². The molecule has 0 unspecified atom stereocenters. The normalized spacial score (nSPS) is 12.8. The number of carbonyl (C=O) groups is 3. The molecule has 0 radical (unpaired) electrons. The summed E-state index contributed by atoms with van der Waals surface area (Å²) in [5.74, 6) is -1.55. The van der Waals surface area contributed by atoms with Crippen LogP contribution in [0, 0.1) is 5.82 Å². The average Bonchev–Trinajstić information content (AvgIpc) is 3.38. The van der Waals surface area contributed by atoms with Crippen LogP contribution in [0.5, 0.6) is 0 Å². The molecule has 0 aliphatic carbocycles. The van der Waals surface area contributed by atoms with Gasteiger partial charge in [0.15, 0.2) is 5.78 Å². The number of amides is 2. The van der Waals surface area contributed by atoms with Crippen molar-refractivity contribution in [1.82, 2.24) is 14.5 Å². The molecule has 0 atom stereocenters. The van der Waals surface area contributed by atoms with Gasteiger partial charge in [0.05, 0.1) is 28.4 Å². The summed E-state index contributed by atoms with van der Waals surface area (Å²) in [6.45, 7) is -0.115.